The summed E-state index contributed by atoms with van der Waals surface area (Å²) in [5.74, 6) is 5.66. The highest BCUT2D eigenvalue weighted by molar-refractivity contribution is 5.37. The van der Waals surface area contributed by atoms with Crippen molar-refractivity contribution in [1.82, 2.24) is 15.0 Å². The highest BCUT2D eigenvalue weighted by Crippen LogP contribution is 2.50. The van der Waals surface area contributed by atoms with Gasteiger partial charge in [0.1, 0.15) is 0 Å². The zero-order valence-corrected chi connectivity index (χ0v) is 79.3. The fraction of sp³-hybridized carbons (Fsp3) is 0.810. The van der Waals surface area contributed by atoms with E-state index in [9.17, 15) is 0 Å². The maximum Gasteiger partial charge on any atom is 0.0880 e. The summed E-state index contributed by atoms with van der Waals surface area (Å²) in [5, 5.41) is 8.29. The van der Waals surface area contributed by atoms with Crippen LogP contribution in [0.15, 0.2) is 79.0 Å². The van der Waals surface area contributed by atoms with Crippen LogP contribution in [0.4, 0.5) is 0 Å². The first-order valence-electron chi connectivity index (χ1n) is 42.3. The molecule has 0 N–H and O–H groups in total. The molecule has 642 valence electrons. The van der Waals surface area contributed by atoms with Crippen molar-refractivity contribution in [2.45, 2.75) is 490 Å². The molecule has 3 aromatic carbocycles. The van der Waals surface area contributed by atoms with Crippen molar-refractivity contribution in [3.05, 3.63) is 118 Å². The molecular weight excluding hydrogens is 1300 g/mol. The van der Waals surface area contributed by atoms with E-state index in [0.29, 0.717) is 32.5 Å². The molecule has 1 heterocycles. The summed E-state index contributed by atoms with van der Waals surface area (Å²) in [6, 6.07) is 26.7. The van der Waals surface area contributed by atoms with E-state index in [4.69, 9.17) is 0 Å². The Labute approximate surface area is 686 Å². The molecule has 4 unspecified atom stereocenters. The van der Waals surface area contributed by atoms with Gasteiger partial charge in [0.15, 0.2) is 0 Å². The Morgan fingerprint density at radius 2 is 0.537 bits per heavy atom. The van der Waals surface area contributed by atoms with E-state index in [-0.39, 0.29) is 80.6 Å². The highest BCUT2D eigenvalue weighted by Gasteiger charge is 2.41. The van der Waals surface area contributed by atoms with E-state index in [2.05, 4.69) is 374 Å². The lowest BCUT2D eigenvalue weighted by atomic mass is 9.59. The number of hydrogen-bond acceptors (Lipinski definition) is 2. The monoisotopic (exact) mass is 1510 g/mol. The molecular formula is C105H207N3. The molecule has 3 nitrogen and oxygen atoms in total. The van der Waals surface area contributed by atoms with Crippen LogP contribution < -0.4 is 0 Å². The predicted octanol–water partition coefficient (Wildman–Crippen LogP) is 36.1. The minimum atomic E-state index is 0. The molecule has 1 aromatic heterocycles. The lowest BCUT2D eigenvalue weighted by Gasteiger charge is -2.46. The third-order valence-corrected chi connectivity index (χ3v) is 22.0. The molecule has 4 atom stereocenters. The van der Waals surface area contributed by atoms with Crippen LogP contribution in [0.2, 0.25) is 0 Å². The van der Waals surface area contributed by atoms with Crippen molar-refractivity contribution < 1.29 is 0 Å². The van der Waals surface area contributed by atoms with Gasteiger partial charge in [-0.05, 0) is 212 Å². The van der Waals surface area contributed by atoms with E-state index >= 15 is 0 Å². The van der Waals surface area contributed by atoms with Crippen LogP contribution in [0.1, 0.15) is 486 Å². The summed E-state index contributed by atoms with van der Waals surface area (Å²) in [6.07, 6.45) is 19.4. The van der Waals surface area contributed by atoms with Crippen LogP contribution in [-0.2, 0) is 43.4 Å². The average molecular weight is 1510 g/mol. The van der Waals surface area contributed by atoms with E-state index in [0.717, 1.165) is 41.2 Å². The maximum atomic E-state index is 4.17. The third kappa shape index (κ3) is 46.2. The van der Waals surface area contributed by atoms with Crippen LogP contribution >= 0.6 is 0 Å². The fourth-order valence-corrected chi connectivity index (χ4v) is 14.4. The van der Waals surface area contributed by atoms with Gasteiger partial charge >= 0.3 is 0 Å². The summed E-state index contributed by atoms with van der Waals surface area (Å²) in [7, 11) is 0. The fourth-order valence-electron chi connectivity index (χ4n) is 14.4. The third-order valence-electron chi connectivity index (χ3n) is 22.0. The van der Waals surface area contributed by atoms with E-state index in [1.165, 1.54) is 110 Å². The Balaban J connectivity index is -0.000000176. The van der Waals surface area contributed by atoms with Crippen LogP contribution in [0.3, 0.4) is 0 Å². The van der Waals surface area contributed by atoms with E-state index in [1.54, 1.807) is 0 Å². The Bertz CT molecular complexity index is 2640. The zero-order chi connectivity index (χ0) is 82.2. The normalized spacial score (nSPS) is 18.7. The van der Waals surface area contributed by atoms with E-state index in [1.807, 2.05) is 52.4 Å². The molecule has 3 aliphatic rings. The van der Waals surface area contributed by atoms with Crippen molar-refractivity contribution in [2.24, 2.45) is 68.0 Å². The molecule has 3 aliphatic carbocycles. The minimum Gasteiger partial charge on any atom is -0.247 e. The lowest BCUT2D eigenvalue weighted by Crippen LogP contribution is -2.38. The predicted molar refractivity (Wildman–Crippen MR) is 506 cm³/mol. The molecule has 4 aromatic rings. The summed E-state index contributed by atoms with van der Waals surface area (Å²) < 4.78 is 1.91. The second-order valence-corrected chi connectivity index (χ2v) is 45.5. The van der Waals surface area contributed by atoms with Crippen molar-refractivity contribution >= 4 is 0 Å². The Kier molecular flexibility index (Phi) is 54.5. The van der Waals surface area contributed by atoms with Crippen molar-refractivity contribution in [2.75, 3.05) is 0 Å². The first-order valence-corrected chi connectivity index (χ1v) is 42.3. The second kappa shape index (κ2) is 48.9. The van der Waals surface area contributed by atoms with Crippen LogP contribution in [-0.4, -0.2) is 15.0 Å². The molecule has 3 saturated carbocycles. The van der Waals surface area contributed by atoms with E-state index < -0.39 is 0 Å². The molecule has 0 amide bonds. The number of rotatable bonds is 0. The lowest BCUT2D eigenvalue weighted by molar-refractivity contribution is 0.0335. The molecule has 0 bridgehead atoms. The summed E-state index contributed by atoms with van der Waals surface area (Å²) in [6.45, 7) is 109. The van der Waals surface area contributed by atoms with Gasteiger partial charge in [0.25, 0.3) is 0 Å². The Morgan fingerprint density at radius 3 is 0.731 bits per heavy atom. The number of nitrogens with zero attached hydrogens (tertiary/aromatic N) is 3. The van der Waals surface area contributed by atoms with Gasteiger partial charge in [-0.25, -0.2) is 4.68 Å². The van der Waals surface area contributed by atoms with Crippen molar-refractivity contribution in [3.63, 3.8) is 0 Å². The number of benzene rings is 3. The van der Waals surface area contributed by atoms with Gasteiger partial charge in [0.05, 0.1) is 11.2 Å². The van der Waals surface area contributed by atoms with Crippen LogP contribution in [0.5, 0.6) is 0 Å². The molecule has 7 rings (SSSR count). The SMILES string of the molecule is C.C.C.C.C.CC.CC.CC.CC(C)(C)C1CCC(C(C)(C)C)CC1.CC(C)(C)C1CCCC(C(C)(C)C)C1.CC(C)(C)C1CCCCC1C(C)(C)C.CC(C)(C)c1ccc(C(C)(C)C)cc1.CC(C)(C)c1cccc(C(C)(C)C)c1.CC(C)(C)c1ccccc1C(C)(C)C.CC(C)(C)c1cn(C(C)(C)C)nn1. The van der Waals surface area contributed by atoms with Gasteiger partial charge in [-0.3, -0.25) is 0 Å². The highest BCUT2D eigenvalue weighted by atomic mass is 15.4. The first-order chi connectivity index (χ1) is 46.0. The summed E-state index contributed by atoms with van der Waals surface area (Å²) >= 11 is 0. The zero-order valence-electron chi connectivity index (χ0n) is 79.3. The second-order valence-electron chi connectivity index (χ2n) is 45.5. The molecule has 3 fully saturated rings. The minimum absolute atomic E-state index is 0. The first kappa shape index (κ1) is 121. The molecule has 3 heteroatoms. The Morgan fingerprint density at radius 1 is 0.269 bits per heavy atom. The van der Waals surface area contributed by atoms with Gasteiger partial charge in [-0.2, -0.15) is 0 Å². The molecule has 108 heavy (non-hydrogen) atoms. The smallest absolute Gasteiger partial charge is 0.0880 e. The molecule has 0 aliphatic heterocycles. The number of hydrogen-bond donors (Lipinski definition) is 0. The average Bonchev–Trinajstić information content (AvgIpc) is 1.07. The van der Waals surface area contributed by atoms with Gasteiger partial charge in [-0.15, -0.1) is 5.10 Å². The Hall–Kier alpha value is -3.20. The van der Waals surface area contributed by atoms with Gasteiger partial charge < -0.3 is 0 Å². The van der Waals surface area contributed by atoms with Gasteiger partial charge in [-0.1, -0.05) is 446 Å². The molecule has 0 radical (unpaired) electrons. The van der Waals surface area contributed by atoms with Gasteiger partial charge in [0.2, 0.25) is 0 Å². The summed E-state index contributed by atoms with van der Waals surface area (Å²) in [4.78, 5) is 0. The van der Waals surface area contributed by atoms with Gasteiger partial charge in [0, 0.05) is 11.6 Å². The van der Waals surface area contributed by atoms with Crippen molar-refractivity contribution in [3.8, 4) is 0 Å². The molecule has 0 saturated heterocycles. The molecule has 0 spiro atoms. The maximum absolute atomic E-state index is 4.17. The van der Waals surface area contributed by atoms with Crippen molar-refractivity contribution in [1.29, 1.82) is 0 Å². The summed E-state index contributed by atoms with van der Waals surface area (Å²) in [5.41, 5.74) is 14.3. The largest absolute Gasteiger partial charge is 0.247 e. The standard InChI is InChI=1S/C14H28.C14H22.C14H28.C14H22.C14H28.C14H22.C10H19N3.3C2H6.5CH4/c2*1-13(2,3)11-7-9-12(10-8-11)14(4,5)6;2*1-13(2,3)11-8-7-9-12(10-11)14(4,5)6;2*1-13(2,3)11-9-7-8-10-12(11)14(4,5)6;1-9(2,3)8-7-13(12-11-8)10(4,5)6;3*1-2;;;;;/h11-12H,7-10H2,1-6H3;7-10H,1-6H3;11-12H,7-10H2,1-6H3;7-10H,1-6H3;11-12H,7-10H2,1-6H3;7-10H,1-6H3;7H,1-6H3;3*1-2H3;5*1H4. The van der Waals surface area contributed by atoms with Crippen LogP contribution in [0.25, 0.3) is 0 Å². The number of aromatic nitrogens is 3. The topological polar surface area (TPSA) is 30.7 Å². The quantitative estimate of drug-likeness (QED) is 0.176. The van der Waals surface area contributed by atoms with Crippen LogP contribution in [0, 0.1) is 68.0 Å².